The summed E-state index contributed by atoms with van der Waals surface area (Å²) in [6.45, 7) is 3.79. The van der Waals surface area contributed by atoms with Crippen LogP contribution in [-0.4, -0.2) is 20.1 Å². The number of hydrogen-bond acceptors (Lipinski definition) is 2. The van der Waals surface area contributed by atoms with E-state index in [0.717, 1.165) is 12.0 Å². The average Bonchev–Trinajstić information content (AvgIpc) is 2.36. The van der Waals surface area contributed by atoms with E-state index in [-0.39, 0.29) is 17.7 Å². The second kappa shape index (κ2) is 7.12. The van der Waals surface area contributed by atoms with Crippen LogP contribution in [0.25, 0.3) is 0 Å². The zero-order valence-corrected chi connectivity index (χ0v) is 12.3. The minimum Gasteiger partial charge on any atom is -0.212 e. The molecule has 3 nitrogen and oxygen atoms in total. The average molecular weight is 290 g/mol. The van der Waals surface area contributed by atoms with Gasteiger partial charge in [-0.25, -0.2) is 13.1 Å². The highest BCUT2D eigenvalue weighted by Crippen LogP contribution is 2.17. The van der Waals surface area contributed by atoms with Crippen LogP contribution in [0, 0.1) is 5.92 Å². The third kappa shape index (κ3) is 4.96. The van der Waals surface area contributed by atoms with Crippen molar-refractivity contribution in [2.45, 2.75) is 26.3 Å². The molecule has 0 aliphatic carbocycles. The standard InChI is InChI=1S/C13H20ClNO2S/c1-3-13(12-7-5-4-6-8-12)15-18(16,17)10-11(2)9-14/h4-8,11,13,15H,3,9-10H2,1-2H3. The molecule has 1 aromatic carbocycles. The maximum absolute atomic E-state index is 12.0. The van der Waals surface area contributed by atoms with Crippen molar-refractivity contribution in [3.63, 3.8) is 0 Å². The molecule has 0 aliphatic rings. The zero-order valence-electron chi connectivity index (χ0n) is 10.8. The molecule has 0 bridgehead atoms. The van der Waals surface area contributed by atoms with Gasteiger partial charge in [-0.2, -0.15) is 0 Å². The van der Waals surface area contributed by atoms with Gasteiger partial charge in [0.25, 0.3) is 0 Å². The predicted molar refractivity (Wildman–Crippen MR) is 76.3 cm³/mol. The first-order valence-electron chi connectivity index (χ1n) is 6.09. The SMILES string of the molecule is CCC(NS(=O)(=O)CC(C)CCl)c1ccccc1. The molecule has 1 aromatic rings. The van der Waals surface area contributed by atoms with Crippen LogP contribution >= 0.6 is 11.6 Å². The molecular weight excluding hydrogens is 270 g/mol. The molecule has 0 spiro atoms. The van der Waals surface area contributed by atoms with Crippen molar-refractivity contribution < 1.29 is 8.42 Å². The van der Waals surface area contributed by atoms with Gasteiger partial charge in [0.05, 0.1) is 5.75 Å². The van der Waals surface area contributed by atoms with Crippen molar-refractivity contribution in [3.8, 4) is 0 Å². The predicted octanol–water partition coefficient (Wildman–Crippen LogP) is 2.93. The Bertz CT molecular complexity index is 447. The van der Waals surface area contributed by atoms with E-state index >= 15 is 0 Å². The van der Waals surface area contributed by atoms with Crippen molar-refractivity contribution in [1.82, 2.24) is 4.72 Å². The lowest BCUT2D eigenvalue weighted by Gasteiger charge is -2.18. The quantitative estimate of drug-likeness (QED) is 0.785. The van der Waals surface area contributed by atoms with Crippen molar-refractivity contribution >= 4 is 21.6 Å². The van der Waals surface area contributed by atoms with Crippen LogP contribution in [0.3, 0.4) is 0 Å². The summed E-state index contributed by atoms with van der Waals surface area (Å²) >= 11 is 5.65. The lowest BCUT2D eigenvalue weighted by atomic mass is 10.1. The number of nitrogens with one attached hydrogen (secondary N) is 1. The maximum Gasteiger partial charge on any atom is 0.212 e. The van der Waals surface area contributed by atoms with Gasteiger partial charge < -0.3 is 0 Å². The van der Waals surface area contributed by atoms with E-state index in [1.54, 1.807) is 0 Å². The van der Waals surface area contributed by atoms with Crippen molar-refractivity contribution in [3.05, 3.63) is 35.9 Å². The smallest absolute Gasteiger partial charge is 0.212 e. The van der Waals surface area contributed by atoms with Gasteiger partial charge in [0.15, 0.2) is 0 Å². The van der Waals surface area contributed by atoms with E-state index in [2.05, 4.69) is 4.72 Å². The summed E-state index contributed by atoms with van der Waals surface area (Å²) in [5.41, 5.74) is 0.988. The molecule has 0 aliphatic heterocycles. The van der Waals surface area contributed by atoms with Crippen LogP contribution in [0.5, 0.6) is 0 Å². The van der Waals surface area contributed by atoms with Gasteiger partial charge in [0, 0.05) is 11.9 Å². The van der Waals surface area contributed by atoms with Gasteiger partial charge >= 0.3 is 0 Å². The Morgan fingerprint density at radius 2 is 1.89 bits per heavy atom. The Balaban J connectivity index is 2.75. The van der Waals surface area contributed by atoms with Gasteiger partial charge in [-0.05, 0) is 17.9 Å². The first-order chi connectivity index (χ1) is 8.48. The molecule has 1 N–H and O–H groups in total. The minimum absolute atomic E-state index is 0.0440. The molecule has 1 rings (SSSR count). The molecule has 0 fully saturated rings. The van der Waals surface area contributed by atoms with Crippen molar-refractivity contribution in [2.75, 3.05) is 11.6 Å². The molecule has 0 aromatic heterocycles. The summed E-state index contributed by atoms with van der Waals surface area (Å²) in [7, 11) is -3.29. The third-order valence-corrected chi connectivity index (χ3v) is 4.88. The monoisotopic (exact) mass is 289 g/mol. The summed E-state index contributed by atoms with van der Waals surface area (Å²) in [4.78, 5) is 0. The normalized spacial score (nSPS) is 15.3. The Morgan fingerprint density at radius 1 is 1.28 bits per heavy atom. The molecule has 0 heterocycles. The fraction of sp³-hybridized carbons (Fsp3) is 0.538. The molecule has 102 valence electrons. The van der Waals surface area contributed by atoms with E-state index in [0.29, 0.717) is 5.88 Å². The Hall–Kier alpha value is -0.580. The highest BCUT2D eigenvalue weighted by molar-refractivity contribution is 7.89. The second-order valence-electron chi connectivity index (χ2n) is 4.53. The van der Waals surface area contributed by atoms with Crippen LogP contribution in [0.1, 0.15) is 31.9 Å². The molecule has 0 radical (unpaired) electrons. The summed E-state index contributed by atoms with van der Waals surface area (Å²) in [5.74, 6) is 0.375. The first-order valence-corrected chi connectivity index (χ1v) is 8.28. The lowest BCUT2D eigenvalue weighted by molar-refractivity contribution is 0.540. The fourth-order valence-corrected chi connectivity index (χ4v) is 3.69. The van der Waals surface area contributed by atoms with E-state index in [1.165, 1.54) is 0 Å². The number of benzene rings is 1. The van der Waals surface area contributed by atoms with E-state index in [4.69, 9.17) is 11.6 Å². The molecule has 18 heavy (non-hydrogen) atoms. The fourth-order valence-electron chi connectivity index (χ4n) is 1.76. The Morgan fingerprint density at radius 3 is 2.39 bits per heavy atom. The van der Waals surface area contributed by atoms with Crippen LogP contribution in [0.15, 0.2) is 30.3 Å². The van der Waals surface area contributed by atoms with Crippen LogP contribution in [0.2, 0.25) is 0 Å². The summed E-state index contributed by atoms with van der Waals surface area (Å²) < 4.78 is 26.7. The van der Waals surface area contributed by atoms with Gasteiger partial charge in [0.2, 0.25) is 10.0 Å². The highest BCUT2D eigenvalue weighted by atomic mass is 35.5. The maximum atomic E-state index is 12.0. The Labute approximate surface area is 115 Å². The van der Waals surface area contributed by atoms with E-state index in [9.17, 15) is 8.42 Å². The van der Waals surface area contributed by atoms with Gasteiger partial charge in [-0.1, -0.05) is 44.2 Å². The molecule has 2 unspecified atom stereocenters. The lowest BCUT2D eigenvalue weighted by Crippen LogP contribution is -2.32. The van der Waals surface area contributed by atoms with E-state index < -0.39 is 10.0 Å². The summed E-state index contributed by atoms with van der Waals surface area (Å²) in [6.07, 6.45) is 0.721. The number of halogens is 1. The van der Waals surface area contributed by atoms with Gasteiger partial charge in [0.1, 0.15) is 0 Å². The Kier molecular flexibility index (Phi) is 6.12. The summed E-state index contributed by atoms with van der Waals surface area (Å²) in [6, 6.07) is 9.43. The molecule has 5 heteroatoms. The number of sulfonamides is 1. The molecular formula is C13H20ClNO2S. The van der Waals surface area contributed by atoms with Crippen LogP contribution in [-0.2, 0) is 10.0 Å². The topological polar surface area (TPSA) is 46.2 Å². The minimum atomic E-state index is -3.29. The van der Waals surface area contributed by atoms with Crippen molar-refractivity contribution in [2.24, 2.45) is 5.92 Å². The van der Waals surface area contributed by atoms with Crippen LogP contribution < -0.4 is 4.72 Å². The summed E-state index contributed by atoms with van der Waals surface area (Å²) in [5, 5.41) is 0. The third-order valence-electron chi connectivity index (χ3n) is 2.70. The van der Waals surface area contributed by atoms with Gasteiger partial charge in [-0.15, -0.1) is 11.6 Å². The number of rotatable bonds is 7. The molecule has 0 saturated carbocycles. The molecule has 2 atom stereocenters. The molecule has 0 amide bonds. The second-order valence-corrected chi connectivity index (χ2v) is 6.64. The van der Waals surface area contributed by atoms with Crippen LogP contribution in [0.4, 0.5) is 0 Å². The highest BCUT2D eigenvalue weighted by Gasteiger charge is 2.20. The first kappa shape index (κ1) is 15.5. The number of hydrogen-bond donors (Lipinski definition) is 1. The number of alkyl halides is 1. The van der Waals surface area contributed by atoms with Gasteiger partial charge in [-0.3, -0.25) is 0 Å². The zero-order chi connectivity index (χ0) is 13.6. The van der Waals surface area contributed by atoms with E-state index in [1.807, 2.05) is 44.2 Å². The largest absolute Gasteiger partial charge is 0.212 e. The van der Waals surface area contributed by atoms with Crippen molar-refractivity contribution in [1.29, 1.82) is 0 Å². The molecule has 0 saturated heterocycles.